The van der Waals surface area contributed by atoms with E-state index in [4.69, 9.17) is 9.47 Å². The molecule has 51 heavy (non-hydrogen) atoms. The van der Waals surface area contributed by atoms with Crippen LogP contribution in [0.25, 0.3) is 11.1 Å². The lowest BCUT2D eigenvalue weighted by Crippen LogP contribution is -2.64. The van der Waals surface area contributed by atoms with E-state index in [1.807, 2.05) is 0 Å². The summed E-state index contributed by atoms with van der Waals surface area (Å²) in [5.74, 6) is -20.4. The number of aliphatic hydroxyl groups excluding tert-OH is 10. The van der Waals surface area contributed by atoms with E-state index in [0.29, 0.717) is 12.1 Å². The molecule has 14 nitrogen and oxygen atoms in total. The number of rotatable bonds is 6. The quantitative estimate of drug-likeness (QED) is 0.124. The molecular formula is C29H30F6O14S2. The Bertz CT molecular complexity index is 1580. The number of hydrogen-bond donors (Lipinski definition) is 10. The molecule has 10 N–H and O–H groups in total. The van der Waals surface area contributed by atoms with Crippen LogP contribution in [0, 0.1) is 13.8 Å². The second kappa shape index (κ2) is 13.3. The number of hydrogen-bond acceptors (Lipinski definition) is 16. The van der Waals surface area contributed by atoms with E-state index >= 15 is 26.3 Å². The van der Waals surface area contributed by atoms with Crippen molar-refractivity contribution in [3.05, 3.63) is 42.8 Å². The molecule has 0 amide bonds. The summed E-state index contributed by atoms with van der Waals surface area (Å²) < 4.78 is 102. The van der Waals surface area contributed by atoms with Gasteiger partial charge in [-0.2, -0.15) is 26.3 Å². The molecule has 2 aromatic rings. The molecule has 0 aliphatic heterocycles. The van der Waals surface area contributed by atoms with Gasteiger partial charge in [0.15, 0.2) is 12.2 Å². The lowest BCUT2D eigenvalue weighted by molar-refractivity contribution is -0.254. The van der Waals surface area contributed by atoms with Crippen LogP contribution in [-0.4, -0.2) is 154 Å². The molecule has 3 aliphatic carbocycles. The molecule has 22 heteroatoms. The number of halogens is 6. The van der Waals surface area contributed by atoms with Gasteiger partial charge in [-0.25, -0.2) is 9.59 Å². The normalized spacial score (nSPS) is 37.4. The molecule has 284 valence electrons. The second-order valence-electron chi connectivity index (χ2n) is 12.3. The summed E-state index contributed by atoms with van der Waals surface area (Å²) in [5, 5.41) is 99.7. The topological polar surface area (TPSA) is 255 Å². The van der Waals surface area contributed by atoms with Crippen molar-refractivity contribution < 1.29 is 96.5 Å². The Morgan fingerprint density at radius 3 is 1.06 bits per heavy atom. The van der Waals surface area contributed by atoms with Gasteiger partial charge in [0.2, 0.25) is 0 Å². The molecule has 8 unspecified atom stereocenters. The number of aliphatic hydroxyl groups is 10. The van der Waals surface area contributed by atoms with E-state index in [2.05, 4.69) is 0 Å². The maximum Gasteiger partial charge on any atom is 0.380 e. The maximum atomic E-state index is 15.5. The van der Waals surface area contributed by atoms with Gasteiger partial charge in [-0.1, -0.05) is 0 Å². The third-order valence-electron chi connectivity index (χ3n) is 9.08. The van der Waals surface area contributed by atoms with Crippen LogP contribution in [0.5, 0.6) is 0 Å². The van der Waals surface area contributed by atoms with Gasteiger partial charge < -0.3 is 60.5 Å². The second-order valence-corrected chi connectivity index (χ2v) is 14.8. The number of carbonyl (C=O) groups is 2. The lowest BCUT2D eigenvalue weighted by atomic mass is 9.85. The fourth-order valence-electron chi connectivity index (χ4n) is 6.13. The Morgan fingerprint density at radius 2 is 0.784 bits per heavy atom. The Morgan fingerprint density at radius 1 is 0.529 bits per heavy atom. The molecule has 2 heterocycles. The number of esters is 2. The van der Waals surface area contributed by atoms with Crippen molar-refractivity contribution >= 4 is 45.8 Å². The van der Waals surface area contributed by atoms with Crippen molar-refractivity contribution in [2.45, 2.75) is 105 Å². The zero-order valence-corrected chi connectivity index (χ0v) is 27.4. The van der Waals surface area contributed by atoms with Crippen molar-refractivity contribution in [3.63, 3.8) is 0 Å². The molecule has 5 rings (SSSR count). The van der Waals surface area contributed by atoms with Crippen LogP contribution in [0.4, 0.5) is 26.3 Å². The van der Waals surface area contributed by atoms with E-state index in [1.54, 1.807) is 0 Å². The minimum absolute atomic E-state index is 0.288. The maximum absolute atomic E-state index is 15.5. The molecular weight excluding hydrogens is 750 g/mol. The highest BCUT2D eigenvalue weighted by Gasteiger charge is 2.80. The van der Waals surface area contributed by atoms with E-state index in [9.17, 15) is 60.7 Å². The Kier molecular flexibility index (Phi) is 10.3. The smallest absolute Gasteiger partial charge is 0.380 e. The molecule has 2 fully saturated rings. The van der Waals surface area contributed by atoms with Gasteiger partial charge in [0, 0.05) is 20.9 Å². The molecule has 3 aliphatic rings. The van der Waals surface area contributed by atoms with Crippen LogP contribution < -0.4 is 0 Å². The molecule has 2 aromatic heterocycles. The van der Waals surface area contributed by atoms with Gasteiger partial charge in [0.25, 0.3) is 0 Å². The summed E-state index contributed by atoms with van der Waals surface area (Å²) in [5.41, 5.74) is -5.88. The zero-order chi connectivity index (χ0) is 38.4. The molecule has 2 saturated carbocycles. The van der Waals surface area contributed by atoms with Crippen molar-refractivity contribution in [1.82, 2.24) is 0 Å². The third kappa shape index (κ3) is 5.98. The van der Waals surface area contributed by atoms with Crippen molar-refractivity contribution in [2.24, 2.45) is 0 Å². The first-order chi connectivity index (χ1) is 23.4. The molecule has 8 atom stereocenters. The summed E-state index contributed by atoms with van der Waals surface area (Å²) in [6, 6.07) is 1.00. The highest BCUT2D eigenvalue weighted by Crippen LogP contribution is 2.65. The highest BCUT2D eigenvalue weighted by atomic mass is 32.1. The predicted molar refractivity (Wildman–Crippen MR) is 158 cm³/mol. The average Bonchev–Trinajstić information content (AvgIpc) is 3.67. The summed E-state index contributed by atoms with van der Waals surface area (Å²) >= 11 is 0.576. The summed E-state index contributed by atoms with van der Waals surface area (Å²) in [6.07, 6.45) is -25.6. The van der Waals surface area contributed by atoms with Gasteiger partial charge in [-0.3, -0.25) is 0 Å². The van der Waals surface area contributed by atoms with Crippen LogP contribution in [0.2, 0.25) is 0 Å². The van der Waals surface area contributed by atoms with E-state index in [0.717, 1.165) is 13.8 Å². The zero-order valence-electron chi connectivity index (χ0n) is 25.8. The van der Waals surface area contributed by atoms with Crippen LogP contribution >= 0.6 is 22.7 Å². The average molecular weight is 781 g/mol. The number of carbonyl (C=O) groups excluding carboxylic acids is 2. The minimum atomic E-state index is -6.08. The van der Waals surface area contributed by atoms with E-state index in [1.165, 1.54) is 0 Å². The minimum Gasteiger partial charge on any atom is -0.452 e. The highest BCUT2D eigenvalue weighted by molar-refractivity contribution is 7.14. The van der Waals surface area contributed by atoms with Gasteiger partial charge >= 0.3 is 29.7 Å². The molecule has 0 saturated heterocycles. The Balaban J connectivity index is 1.54. The number of alkyl halides is 6. The van der Waals surface area contributed by atoms with E-state index in [-0.39, 0.29) is 22.7 Å². The first kappa shape index (κ1) is 39.5. The first-order valence-corrected chi connectivity index (χ1v) is 16.4. The van der Waals surface area contributed by atoms with Gasteiger partial charge in [0.1, 0.15) is 70.8 Å². The third-order valence-corrected chi connectivity index (χ3v) is 11.1. The molecule has 0 spiro atoms. The summed E-state index contributed by atoms with van der Waals surface area (Å²) in [6.45, 7) is 2.01. The molecule has 0 bridgehead atoms. The lowest BCUT2D eigenvalue weighted by Gasteiger charge is -2.40. The monoisotopic (exact) mass is 780 g/mol. The molecule has 0 aromatic carbocycles. The predicted octanol–water partition coefficient (Wildman–Crippen LogP) is -1.06. The number of thiophene rings is 2. The Hall–Kier alpha value is -2.74. The SMILES string of the molecule is Cc1sc(C(=O)OC2C(O)C(O)C(O)C(O)C2O)cc1C1=C(c2cc(C(=O)OC3C(O)C(O)C(O)C(O)C3O)sc2C)C(F)(F)C(F)(F)C1(F)F. The van der Waals surface area contributed by atoms with Crippen LogP contribution in [-0.2, 0) is 9.47 Å². The fraction of sp³-hybridized carbons (Fsp3) is 0.586. The Labute approximate surface area is 289 Å². The van der Waals surface area contributed by atoms with Gasteiger partial charge in [-0.15, -0.1) is 22.7 Å². The van der Waals surface area contributed by atoms with E-state index < -0.39 is 145 Å². The standard InChI is InChI=1S/C29H30F6O14S2/c1-5-7(3-9(50-5)25(46)48-23-19(42)15(38)13(36)16(39)20(23)43)11-12(28(32,33)29(34,35)27(11,30)31)8-4-10(51-6(8)2)26(47)49-24-21(44)17(40)14(37)18(41)22(24)45/h3-4,13-24,36-45H,1-2H3. The van der Waals surface area contributed by atoms with Crippen molar-refractivity contribution in [3.8, 4) is 0 Å². The van der Waals surface area contributed by atoms with Gasteiger partial charge in [-0.05, 0) is 37.1 Å². The first-order valence-electron chi connectivity index (χ1n) is 14.7. The van der Waals surface area contributed by atoms with Crippen molar-refractivity contribution in [1.29, 1.82) is 0 Å². The van der Waals surface area contributed by atoms with Gasteiger partial charge in [0.05, 0.1) is 0 Å². The number of ether oxygens (including phenoxy) is 2. The number of aryl methyl sites for hydroxylation is 2. The fourth-order valence-corrected chi connectivity index (χ4v) is 7.95. The largest absolute Gasteiger partial charge is 0.452 e. The van der Waals surface area contributed by atoms with Crippen LogP contribution in [0.15, 0.2) is 12.1 Å². The van der Waals surface area contributed by atoms with Crippen LogP contribution in [0.1, 0.15) is 40.2 Å². The summed E-state index contributed by atoms with van der Waals surface area (Å²) in [4.78, 5) is 23.7. The van der Waals surface area contributed by atoms with Crippen LogP contribution in [0.3, 0.4) is 0 Å². The molecule has 0 radical (unpaired) electrons. The summed E-state index contributed by atoms with van der Waals surface area (Å²) in [7, 11) is 0. The number of allylic oxidation sites excluding steroid dienone is 2. The van der Waals surface area contributed by atoms with Crippen molar-refractivity contribution in [2.75, 3.05) is 0 Å².